The van der Waals surface area contributed by atoms with E-state index in [0.29, 0.717) is 54.3 Å². The fourth-order valence-electron chi connectivity index (χ4n) is 5.94. The van der Waals surface area contributed by atoms with Gasteiger partial charge in [-0.3, -0.25) is 14.4 Å². The molecule has 5 rings (SSSR count). The number of piperidine rings is 1. The number of halogens is 1. The standard InChI is InChI=1S/C31H37FN4O4/c1-19-17-36(20(2)16-33-19)31(39)29(37)26-18-34(3)27-15-28(40-4)25(14-24(26)27)30(38)35-11-9-22(10-12-35)13-21-5-7-23(32)8-6-21/h5-8,14-15,18-20,22,33H,9-13,16-17H2,1-4H3/t19-,20+/m1/s1. The number of hydrogen-bond donors (Lipinski definition) is 1. The summed E-state index contributed by atoms with van der Waals surface area (Å²) in [7, 11) is 3.34. The molecule has 2 amide bonds. The van der Waals surface area contributed by atoms with E-state index in [0.717, 1.165) is 24.8 Å². The predicted octanol–water partition coefficient (Wildman–Crippen LogP) is 3.81. The van der Waals surface area contributed by atoms with Crippen LogP contribution in [-0.2, 0) is 18.3 Å². The van der Waals surface area contributed by atoms with Crippen molar-refractivity contribution in [2.24, 2.45) is 13.0 Å². The molecule has 0 bridgehead atoms. The monoisotopic (exact) mass is 548 g/mol. The number of aromatic nitrogens is 1. The van der Waals surface area contributed by atoms with Crippen molar-refractivity contribution in [2.75, 3.05) is 33.3 Å². The van der Waals surface area contributed by atoms with Crippen molar-refractivity contribution >= 4 is 28.5 Å². The third-order valence-corrected chi connectivity index (χ3v) is 8.34. The zero-order valence-corrected chi connectivity index (χ0v) is 23.6. The number of piperazine rings is 1. The number of methoxy groups -OCH3 is 1. The Kier molecular flexibility index (Phi) is 7.94. The van der Waals surface area contributed by atoms with Gasteiger partial charge in [0.25, 0.3) is 17.6 Å². The SMILES string of the molecule is COc1cc2c(cc1C(=O)N1CCC(Cc3ccc(F)cc3)CC1)c(C(=O)C(=O)N1C[C@@H](C)NC[C@@H]1C)cn2C. The van der Waals surface area contributed by atoms with E-state index in [2.05, 4.69) is 5.32 Å². The summed E-state index contributed by atoms with van der Waals surface area (Å²) in [4.78, 5) is 44.0. The highest BCUT2D eigenvalue weighted by atomic mass is 19.1. The molecular formula is C31H37FN4O4. The molecular weight excluding hydrogens is 511 g/mol. The van der Waals surface area contributed by atoms with E-state index in [-0.39, 0.29) is 29.4 Å². The summed E-state index contributed by atoms with van der Waals surface area (Å²) in [6.07, 6.45) is 4.21. The quantitative estimate of drug-likeness (QED) is 0.374. The molecule has 0 spiro atoms. The average molecular weight is 549 g/mol. The number of hydrogen-bond acceptors (Lipinski definition) is 5. The lowest BCUT2D eigenvalue weighted by atomic mass is 9.90. The van der Waals surface area contributed by atoms with Gasteiger partial charge in [-0.15, -0.1) is 0 Å². The van der Waals surface area contributed by atoms with Crippen LogP contribution in [0.25, 0.3) is 10.9 Å². The number of carbonyl (C=O) groups is 3. The number of amides is 2. The maximum atomic E-state index is 13.7. The number of ether oxygens (including phenoxy) is 1. The van der Waals surface area contributed by atoms with Crippen LogP contribution >= 0.6 is 0 Å². The number of nitrogens with zero attached hydrogens (tertiary/aromatic N) is 3. The first-order valence-corrected chi connectivity index (χ1v) is 14.0. The molecule has 2 atom stereocenters. The number of carbonyl (C=O) groups excluding carboxylic acids is 3. The Balaban J connectivity index is 1.36. The molecule has 3 heterocycles. The van der Waals surface area contributed by atoms with Gasteiger partial charge in [0.2, 0.25) is 0 Å². The summed E-state index contributed by atoms with van der Waals surface area (Å²) in [6.45, 7) is 6.22. The summed E-state index contributed by atoms with van der Waals surface area (Å²) in [6, 6.07) is 10.1. The highest BCUT2D eigenvalue weighted by molar-refractivity contribution is 6.45. The average Bonchev–Trinajstić information content (AvgIpc) is 3.29. The van der Waals surface area contributed by atoms with Crippen molar-refractivity contribution in [3.8, 4) is 5.75 Å². The number of ketones is 1. The fraction of sp³-hybridized carbons (Fsp3) is 0.452. The highest BCUT2D eigenvalue weighted by Gasteiger charge is 2.33. The van der Waals surface area contributed by atoms with Crippen molar-refractivity contribution in [3.63, 3.8) is 0 Å². The number of fused-ring (bicyclic) bond motifs is 1. The minimum absolute atomic E-state index is 0.0918. The Hall–Kier alpha value is -3.72. The van der Waals surface area contributed by atoms with E-state index in [9.17, 15) is 18.8 Å². The Bertz CT molecular complexity index is 1430. The van der Waals surface area contributed by atoms with Gasteiger partial charge in [-0.25, -0.2) is 4.39 Å². The normalized spacial score (nSPS) is 20.1. The molecule has 0 radical (unpaired) electrons. The van der Waals surface area contributed by atoms with Gasteiger partial charge >= 0.3 is 0 Å². The second-order valence-corrected chi connectivity index (χ2v) is 11.2. The first-order chi connectivity index (χ1) is 19.2. The Morgan fingerprint density at radius 2 is 1.75 bits per heavy atom. The van der Waals surface area contributed by atoms with Gasteiger partial charge in [-0.2, -0.15) is 0 Å². The van der Waals surface area contributed by atoms with Crippen LogP contribution in [0.3, 0.4) is 0 Å². The summed E-state index contributed by atoms with van der Waals surface area (Å²) in [5, 5.41) is 3.89. The minimum atomic E-state index is -0.572. The van der Waals surface area contributed by atoms with Crippen LogP contribution in [0.15, 0.2) is 42.6 Å². The lowest BCUT2D eigenvalue weighted by Gasteiger charge is -2.37. The fourth-order valence-corrected chi connectivity index (χ4v) is 5.94. The van der Waals surface area contributed by atoms with E-state index >= 15 is 0 Å². The second-order valence-electron chi connectivity index (χ2n) is 11.2. The molecule has 212 valence electrons. The van der Waals surface area contributed by atoms with Gasteiger partial charge in [0.15, 0.2) is 0 Å². The van der Waals surface area contributed by atoms with Crippen molar-refractivity contribution in [1.82, 2.24) is 19.7 Å². The smallest absolute Gasteiger partial charge is 0.295 e. The summed E-state index contributed by atoms with van der Waals surface area (Å²) < 4.78 is 20.7. The molecule has 1 aromatic heterocycles. The van der Waals surface area contributed by atoms with Crippen molar-refractivity contribution < 1.29 is 23.5 Å². The first-order valence-electron chi connectivity index (χ1n) is 14.0. The van der Waals surface area contributed by atoms with Gasteiger partial charge in [0.05, 0.1) is 23.8 Å². The number of Topliss-reactive ketones (excluding diaryl/α,β-unsaturated/α-hetero) is 1. The molecule has 2 saturated heterocycles. The molecule has 2 fully saturated rings. The largest absolute Gasteiger partial charge is 0.496 e. The molecule has 1 N–H and O–H groups in total. The van der Waals surface area contributed by atoms with E-state index in [1.807, 2.05) is 37.9 Å². The highest BCUT2D eigenvalue weighted by Crippen LogP contribution is 2.32. The van der Waals surface area contributed by atoms with Gasteiger partial charge in [-0.1, -0.05) is 12.1 Å². The van der Waals surface area contributed by atoms with Crippen LogP contribution < -0.4 is 10.1 Å². The summed E-state index contributed by atoms with van der Waals surface area (Å²) in [5.41, 5.74) is 2.47. The van der Waals surface area contributed by atoms with Crippen molar-refractivity contribution in [1.29, 1.82) is 0 Å². The summed E-state index contributed by atoms with van der Waals surface area (Å²) >= 11 is 0. The first kappa shape index (κ1) is 27.8. The number of aryl methyl sites for hydroxylation is 1. The zero-order chi connectivity index (χ0) is 28.6. The van der Waals surface area contributed by atoms with Crippen LogP contribution in [0.1, 0.15) is 53.0 Å². The van der Waals surface area contributed by atoms with E-state index in [1.54, 1.807) is 27.8 Å². The van der Waals surface area contributed by atoms with Gasteiger partial charge in [0, 0.05) is 63.0 Å². The molecule has 40 heavy (non-hydrogen) atoms. The number of benzene rings is 2. The maximum Gasteiger partial charge on any atom is 0.295 e. The zero-order valence-electron chi connectivity index (χ0n) is 23.6. The van der Waals surface area contributed by atoms with E-state index < -0.39 is 11.7 Å². The third kappa shape index (κ3) is 5.47. The third-order valence-electron chi connectivity index (χ3n) is 8.34. The lowest BCUT2D eigenvalue weighted by Crippen LogP contribution is -2.57. The van der Waals surface area contributed by atoms with E-state index in [1.165, 1.54) is 19.2 Å². The lowest BCUT2D eigenvalue weighted by molar-refractivity contribution is -0.129. The van der Waals surface area contributed by atoms with E-state index in [4.69, 9.17) is 4.74 Å². The van der Waals surface area contributed by atoms with Gasteiger partial charge in [-0.05, 0) is 62.8 Å². The maximum absolute atomic E-state index is 13.7. The molecule has 0 saturated carbocycles. The Labute approximate surface area is 234 Å². The topological polar surface area (TPSA) is 83.9 Å². The minimum Gasteiger partial charge on any atom is -0.496 e. The predicted molar refractivity (Wildman–Crippen MR) is 151 cm³/mol. The second kappa shape index (κ2) is 11.4. The Morgan fingerprint density at radius 3 is 2.42 bits per heavy atom. The number of rotatable bonds is 6. The van der Waals surface area contributed by atoms with Crippen molar-refractivity contribution in [2.45, 2.75) is 45.2 Å². The van der Waals surface area contributed by atoms with Crippen LogP contribution in [0.2, 0.25) is 0 Å². The molecule has 2 aliphatic rings. The molecule has 8 nitrogen and oxygen atoms in total. The molecule has 0 unspecified atom stereocenters. The van der Waals surface area contributed by atoms with Gasteiger partial charge < -0.3 is 24.4 Å². The molecule has 0 aliphatic carbocycles. The Morgan fingerprint density at radius 1 is 1.05 bits per heavy atom. The number of nitrogens with one attached hydrogen (secondary N) is 1. The molecule has 3 aromatic rings. The van der Waals surface area contributed by atoms with Crippen LogP contribution in [0, 0.1) is 11.7 Å². The van der Waals surface area contributed by atoms with Crippen molar-refractivity contribution in [3.05, 3.63) is 65.1 Å². The molecule has 2 aliphatic heterocycles. The molecule has 9 heteroatoms. The molecule has 2 aromatic carbocycles. The van der Waals surface area contributed by atoms with Crippen LogP contribution in [0.5, 0.6) is 5.75 Å². The number of likely N-dealkylation sites (tertiary alicyclic amines) is 1. The van der Waals surface area contributed by atoms with Crippen LogP contribution in [0.4, 0.5) is 4.39 Å². The summed E-state index contributed by atoms with van der Waals surface area (Å²) in [5.74, 6) is -0.648. The van der Waals surface area contributed by atoms with Crippen LogP contribution in [-0.4, -0.2) is 77.3 Å². The van der Waals surface area contributed by atoms with Gasteiger partial charge in [0.1, 0.15) is 11.6 Å².